The van der Waals surface area contributed by atoms with Crippen molar-refractivity contribution < 1.29 is 17.9 Å². The van der Waals surface area contributed by atoms with E-state index in [9.17, 15) is 13.2 Å². The number of anilines is 1. The summed E-state index contributed by atoms with van der Waals surface area (Å²) in [4.78, 5) is 23.3. The van der Waals surface area contributed by atoms with Crippen LogP contribution in [0.25, 0.3) is 10.3 Å². The SMILES string of the molecule is CNCCCOc1ccc2nc(NC(=O)C(=NN3CCCC3)c3ccc(S(=O)(=O)C4CC4)cc3)sc2n1. The summed E-state index contributed by atoms with van der Waals surface area (Å²) < 4.78 is 30.9. The Bertz CT molecular complexity index is 1390. The maximum absolute atomic E-state index is 13.4. The molecule has 3 heterocycles. The first-order valence-corrected chi connectivity index (χ1v) is 14.8. The Morgan fingerprint density at radius 2 is 1.89 bits per heavy atom. The lowest BCUT2D eigenvalue weighted by molar-refractivity contribution is -0.110. The smallest absolute Gasteiger partial charge is 0.278 e. The summed E-state index contributed by atoms with van der Waals surface area (Å²) >= 11 is 1.26. The fourth-order valence-electron chi connectivity index (χ4n) is 4.07. The van der Waals surface area contributed by atoms with Gasteiger partial charge in [0.25, 0.3) is 5.91 Å². The Kier molecular flexibility index (Phi) is 7.68. The number of pyridine rings is 1. The minimum Gasteiger partial charge on any atom is -0.478 e. The van der Waals surface area contributed by atoms with Gasteiger partial charge in [-0.25, -0.2) is 18.4 Å². The van der Waals surface area contributed by atoms with Crippen LogP contribution in [-0.2, 0) is 14.6 Å². The molecule has 10 nitrogen and oxygen atoms in total. The molecular weight excluding hydrogens is 512 g/mol. The van der Waals surface area contributed by atoms with Crippen molar-refractivity contribution in [1.29, 1.82) is 0 Å². The first-order chi connectivity index (χ1) is 17.9. The van der Waals surface area contributed by atoms with Gasteiger partial charge in [-0.15, -0.1) is 0 Å². The van der Waals surface area contributed by atoms with E-state index in [4.69, 9.17) is 4.74 Å². The summed E-state index contributed by atoms with van der Waals surface area (Å²) in [5, 5.41) is 12.6. The van der Waals surface area contributed by atoms with E-state index in [-0.39, 0.29) is 15.9 Å². The zero-order chi connectivity index (χ0) is 25.8. The van der Waals surface area contributed by atoms with Gasteiger partial charge in [0.05, 0.1) is 16.8 Å². The maximum atomic E-state index is 13.4. The number of fused-ring (bicyclic) bond motifs is 1. The molecule has 1 aliphatic carbocycles. The first-order valence-electron chi connectivity index (χ1n) is 12.5. The summed E-state index contributed by atoms with van der Waals surface area (Å²) in [6.07, 6.45) is 4.30. The van der Waals surface area contributed by atoms with Gasteiger partial charge >= 0.3 is 0 Å². The van der Waals surface area contributed by atoms with Gasteiger partial charge in [0, 0.05) is 24.7 Å². The molecule has 3 aromatic rings. The molecule has 0 atom stereocenters. The Labute approximate surface area is 220 Å². The molecule has 1 aliphatic heterocycles. The zero-order valence-electron chi connectivity index (χ0n) is 20.6. The minimum atomic E-state index is -3.31. The molecule has 1 aromatic carbocycles. The molecule has 2 aromatic heterocycles. The second-order valence-electron chi connectivity index (χ2n) is 9.13. The van der Waals surface area contributed by atoms with Crippen molar-refractivity contribution >= 4 is 48.3 Å². The third kappa shape index (κ3) is 6.08. The van der Waals surface area contributed by atoms with Crippen LogP contribution in [0.3, 0.4) is 0 Å². The molecule has 2 N–H and O–H groups in total. The van der Waals surface area contributed by atoms with Crippen LogP contribution < -0.4 is 15.4 Å². The Hall–Kier alpha value is -3.09. The molecule has 0 radical (unpaired) electrons. The predicted molar refractivity (Wildman–Crippen MR) is 144 cm³/mol. The van der Waals surface area contributed by atoms with Crippen LogP contribution in [-0.4, -0.2) is 73.6 Å². The molecule has 1 saturated heterocycles. The number of aromatic nitrogens is 2. The lowest BCUT2D eigenvalue weighted by Gasteiger charge is -2.14. The van der Waals surface area contributed by atoms with E-state index in [0.29, 0.717) is 46.4 Å². The number of sulfone groups is 1. The summed E-state index contributed by atoms with van der Waals surface area (Å²) in [5.41, 5.74) is 1.43. The number of nitrogens with zero attached hydrogens (tertiary/aromatic N) is 4. The van der Waals surface area contributed by atoms with E-state index < -0.39 is 15.7 Å². The van der Waals surface area contributed by atoms with Crippen molar-refractivity contribution in [2.24, 2.45) is 5.10 Å². The molecule has 0 unspecified atom stereocenters. The van der Waals surface area contributed by atoms with Crippen molar-refractivity contribution in [3.8, 4) is 5.88 Å². The average Bonchev–Trinajstić information content (AvgIpc) is 3.50. The highest BCUT2D eigenvalue weighted by atomic mass is 32.2. The number of rotatable bonds is 11. The van der Waals surface area contributed by atoms with E-state index in [1.165, 1.54) is 11.3 Å². The zero-order valence-corrected chi connectivity index (χ0v) is 22.3. The second kappa shape index (κ2) is 11.1. The van der Waals surface area contributed by atoms with E-state index in [1.807, 2.05) is 18.1 Å². The predicted octanol–water partition coefficient (Wildman–Crippen LogP) is 3.05. The number of carbonyl (C=O) groups is 1. The first kappa shape index (κ1) is 25.6. The number of benzene rings is 1. The standard InChI is InChI=1S/C25H30N6O4S2/c1-26-13-4-16-35-21-12-11-20-24(28-21)36-25(27-20)29-23(32)22(30-31-14-2-3-15-31)17-5-7-18(8-6-17)37(33,34)19-9-10-19/h5-8,11-12,19,26H,2-4,9-10,13-16H2,1H3,(H,27,29,32). The minimum absolute atomic E-state index is 0.220. The maximum Gasteiger partial charge on any atom is 0.278 e. The van der Waals surface area contributed by atoms with Gasteiger partial charge in [-0.1, -0.05) is 23.5 Å². The van der Waals surface area contributed by atoms with E-state index >= 15 is 0 Å². The molecule has 0 bridgehead atoms. The van der Waals surface area contributed by atoms with Crippen LogP contribution in [0, 0.1) is 0 Å². The number of ether oxygens (including phenoxy) is 1. The molecule has 1 amide bonds. The average molecular weight is 543 g/mol. The highest BCUT2D eigenvalue weighted by molar-refractivity contribution is 7.92. The number of hydrogen-bond acceptors (Lipinski definition) is 10. The summed E-state index contributed by atoms with van der Waals surface area (Å²) in [5.74, 6) is 0.106. The number of amides is 1. The quantitative estimate of drug-likeness (QED) is 0.280. The summed E-state index contributed by atoms with van der Waals surface area (Å²) in [6, 6.07) is 10.0. The molecule has 0 spiro atoms. The molecule has 196 valence electrons. The third-order valence-electron chi connectivity index (χ3n) is 6.23. The molecular formula is C25H30N6O4S2. The van der Waals surface area contributed by atoms with Gasteiger partial charge in [0.1, 0.15) is 10.3 Å². The summed E-state index contributed by atoms with van der Waals surface area (Å²) in [7, 11) is -1.41. The van der Waals surface area contributed by atoms with Crippen molar-refractivity contribution in [1.82, 2.24) is 20.3 Å². The number of thiazole rings is 1. The highest BCUT2D eigenvalue weighted by Crippen LogP contribution is 2.33. The molecule has 2 aliphatic rings. The summed E-state index contributed by atoms with van der Waals surface area (Å²) in [6.45, 7) is 2.96. The highest BCUT2D eigenvalue weighted by Gasteiger charge is 2.36. The van der Waals surface area contributed by atoms with Gasteiger partial charge in [0.15, 0.2) is 20.7 Å². The topological polar surface area (TPSA) is 126 Å². The van der Waals surface area contributed by atoms with Gasteiger partial charge in [-0.05, 0) is 63.9 Å². The third-order valence-corrected chi connectivity index (χ3v) is 9.39. The van der Waals surface area contributed by atoms with Crippen molar-refractivity contribution in [2.75, 3.05) is 38.6 Å². The number of carbonyl (C=O) groups excluding carboxylic acids is 1. The lowest BCUT2D eigenvalue weighted by atomic mass is 10.1. The second-order valence-corrected chi connectivity index (χ2v) is 12.3. The fourth-order valence-corrected chi connectivity index (χ4v) is 6.55. The van der Waals surface area contributed by atoms with Crippen molar-refractivity contribution in [3.63, 3.8) is 0 Å². The van der Waals surface area contributed by atoms with Crippen LogP contribution in [0.2, 0.25) is 0 Å². The molecule has 2 fully saturated rings. The normalized spacial score (nSPS) is 16.4. The van der Waals surface area contributed by atoms with E-state index in [2.05, 4.69) is 25.7 Å². The Morgan fingerprint density at radius 1 is 1.14 bits per heavy atom. The van der Waals surface area contributed by atoms with Crippen LogP contribution in [0.1, 0.15) is 37.7 Å². The van der Waals surface area contributed by atoms with Crippen molar-refractivity contribution in [3.05, 3.63) is 42.0 Å². The molecule has 5 rings (SSSR count). The van der Waals surface area contributed by atoms with Crippen molar-refractivity contribution in [2.45, 2.75) is 42.2 Å². The van der Waals surface area contributed by atoms with Gasteiger partial charge in [-0.3, -0.25) is 15.1 Å². The Balaban J connectivity index is 1.35. The molecule has 12 heteroatoms. The van der Waals surface area contributed by atoms with Gasteiger partial charge in [-0.2, -0.15) is 5.10 Å². The number of hydrazone groups is 1. The van der Waals surface area contributed by atoms with Crippen LogP contribution in [0.5, 0.6) is 5.88 Å². The van der Waals surface area contributed by atoms with Gasteiger partial charge < -0.3 is 10.1 Å². The lowest BCUT2D eigenvalue weighted by Crippen LogP contribution is -2.27. The van der Waals surface area contributed by atoms with Crippen LogP contribution in [0.15, 0.2) is 46.4 Å². The fraction of sp³-hybridized carbons (Fsp3) is 0.440. The monoisotopic (exact) mass is 542 g/mol. The molecule has 37 heavy (non-hydrogen) atoms. The largest absolute Gasteiger partial charge is 0.478 e. The Morgan fingerprint density at radius 3 is 2.59 bits per heavy atom. The van der Waals surface area contributed by atoms with Gasteiger partial charge in [0.2, 0.25) is 5.88 Å². The number of hydrogen-bond donors (Lipinski definition) is 2. The van der Waals surface area contributed by atoms with Crippen LogP contribution >= 0.6 is 11.3 Å². The van der Waals surface area contributed by atoms with E-state index in [1.54, 1.807) is 30.3 Å². The van der Waals surface area contributed by atoms with E-state index in [0.717, 1.165) is 38.9 Å². The number of nitrogens with one attached hydrogen (secondary N) is 2. The molecule has 1 saturated carbocycles. The van der Waals surface area contributed by atoms with Crippen LogP contribution in [0.4, 0.5) is 5.13 Å².